The first-order valence-corrected chi connectivity index (χ1v) is 4.74. The van der Waals surface area contributed by atoms with Crippen LogP contribution in [0.4, 0.5) is 0 Å². The predicted octanol–water partition coefficient (Wildman–Crippen LogP) is 1.39. The summed E-state index contributed by atoms with van der Waals surface area (Å²) in [6.45, 7) is 4.32. The summed E-state index contributed by atoms with van der Waals surface area (Å²) in [6, 6.07) is 0.196. The molecule has 0 fully saturated rings. The lowest BCUT2D eigenvalue weighted by Gasteiger charge is -2.17. The van der Waals surface area contributed by atoms with E-state index in [-0.39, 0.29) is 6.04 Å². The molecule has 0 amide bonds. The molecule has 0 aliphatic rings. The van der Waals surface area contributed by atoms with Crippen LogP contribution in [-0.4, -0.2) is 16.0 Å². The van der Waals surface area contributed by atoms with Crippen LogP contribution < -0.4 is 5.73 Å². The van der Waals surface area contributed by atoms with E-state index in [1.165, 1.54) is 0 Å². The minimum Gasteiger partial charge on any atom is -0.327 e. The van der Waals surface area contributed by atoms with Crippen LogP contribution in [0.15, 0.2) is 18.6 Å². The SMILES string of the molecule is CCC(C)C(N)Cc1cnccn1. The topological polar surface area (TPSA) is 51.8 Å². The summed E-state index contributed by atoms with van der Waals surface area (Å²) in [7, 11) is 0. The molecule has 72 valence electrons. The third-order valence-corrected chi connectivity index (χ3v) is 2.44. The molecule has 0 bridgehead atoms. The highest BCUT2D eigenvalue weighted by atomic mass is 14.8. The second kappa shape index (κ2) is 4.92. The molecule has 0 saturated carbocycles. The van der Waals surface area contributed by atoms with Crippen molar-refractivity contribution in [3.05, 3.63) is 24.3 Å². The first-order chi connectivity index (χ1) is 6.24. The molecule has 2 unspecified atom stereocenters. The van der Waals surface area contributed by atoms with E-state index in [1.807, 2.05) is 0 Å². The second-order valence-corrected chi connectivity index (χ2v) is 3.45. The number of aromatic nitrogens is 2. The lowest BCUT2D eigenvalue weighted by molar-refractivity contribution is 0.437. The first kappa shape index (κ1) is 10.1. The number of nitrogens with two attached hydrogens (primary N) is 1. The van der Waals surface area contributed by atoms with Crippen LogP contribution >= 0.6 is 0 Å². The van der Waals surface area contributed by atoms with Gasteiger partial charge in [-0.2, -0.15) is 0 Å². The Kier molecular flexibility index (Phi) is 3.83. The molecular weight excluding hydrogens is 162 g/mol. The fourth-order valence-corrected chi connectivity index (χ4v) is 1.18. The normalized spacial score (nSPS) is 15.3. The van der Waals surface area contributed by atoms with Gasteiger partial charge in [0.25, 0.3) is 0 Å². The van der Waals surface area contributed by atoms with Gasteiger partial charge in [-0.25, -0.2) is 0 Å². The van der Waals surface area contributed by atoms with E-state index in [1.54, 1.807) is 18.6 Å². The zero-order valence-electron chi connectivity index (χ0n) is 8.27. The minimum absolute atomic E-state index is 0.196. The van der Waals surface area contributed by atoms with Gasteiger partial charge in [-0.3, -0.25) is 9.97 Å². The van der Waals surface area contributed by atoms with Crippen molar-refractivity contribution >= 4 is 0 Å². The van der Waals surface area contributed by atoms with E-state index in [0.717, 1.165) is 18.5 Å². The van der Waals surface area contributed by atoms with Crippen molar-refractivity contribution in [3.8, 4) is 0 Å². The van der Waals surface area contributed by atoms with Crippen LogP contribution in [0.1, 0.15) is 26.0 Å². The van der Waals surface area contributed by atoms with Gasteiger partial charge in [-0.05, 0) is 5.92 Å². The van der Waals surface area contributed by atoms with Gasteiger partial charge in [0.1, 0.15) is 0 Å². The van der Waals surface area contributed by atoms with Crippen molar-refractivity contribution in [2.75, 3.05) is 0 Å². The van der Waals surface area contributed by atoms with Crippen molar-refractivity contribution in [1.29, 1.82) is 0 Å². The molecule has 0 radical (unpaired) electrons. The van der Waals surface area contributed by atoms with Crippen molar-refractivity contribution in [1.82, 2.24) is 9.97 Å². The minimum atomic E-state index is 0.196. The maximum Gasteiger partial charge on any atom is 0.0602 e. The second-order valence-electron chi connectivity index (χ2n) is 3.45. The lowest BCUT2D eigenvalue weighted by atomic mass is 9.96. The standard InChI is InChI=1S/C10H17N3/c1-3-8(2)10(11)6-9-7-12-4-5-13-9/h4-5,7-8,10H,3,6,11H2,1-2H3. The summed E-state index contributed by atoms with van der Waals surface area (Å²) in [5.74, 6) is 0.544. The van der Waals surface area contributed by atoms with Crippen molar-refractivity contribution in [3.63, 3.8) is 0 Å². The molecule has 3 nitrogen and oxygen atoms in total. The summed E-state index contributed by atoms with van der Waals surface area (Å²) < 4.78 is 0. The molecule has 1 aromatic rings. The van der Waals surface area contributed by atoms with E-state index in [9.17, 15) is 0 Å². The van der Waals surface area contributed by atoms with Gasteiger partial charge in [0.05, 0.1) is 5.69 Å². The molecule has 0 aromatic carbocycles. The molecule has 1 rings (SSSR count). The maximum absolute atomic E-state index is 5.99. The van der Waals surface area contributed by atoms with Gasteiger partial charge in [0.15, 0.2) is 0 Å². The summed E-state index contributed by atoms with van der Waals surface area (Å²) in [6.07, 6.45) is 7.10. The van der Waals surface area contributed by atoms with E-state index >= 15 is 0 Å². The lowest BCUT2D eigenvalue weighted by Crippen LogP contribution is -2.30. The highest BCUT2D eigenvalue weighted by molar-refractivity contribution is 4.97. The quantitative estimate of drug-likeness (QED) is 0.760. The Bertz CT molecular complexity index is 235. The predicted molar refractivity (Wildman–Crippen MR) is 53.2 cm³/mol. The Labute approximate surface area is 79.4 Å². The highest BCUT2D eigenvalue weighted by Crippen LogP contribution is 2.09. The van der Waals surface area contributed by atoms with E-state index in [2.05, 4.69) is 23.8 Å². The molecule has 1 aromatic heterocycles. The fraction of sp³-hybridized carbons (Fsp3) is 0.600. The Balaban J connectivity index is 2.50. The number of hydrogen-bond acceptors (Lipinski definition) is 3. The van der Waals surface area contributed by atoms with Gasteiger partial charge in [-0.15, -0.1) is 0 Å². The third-order valence-electron chi connectivity index (χ3n) is 2.44. The molecule has 0 aliphatic heterocycles. The first-order valence-electron chi connectivity index (χ1n) is 4.74. The zero-order valence-corrected chi connectivity index (χ0v) is 8.27. The monoisotopic (exact) mass is 179 g/mol. The molecule has 13 heavy (non-hydrogen) atoms. The van der Waals surface area contributed by atoms with Gasteiger partial charge < -0.3 is 5.73 Å². The van der Waals surface area contributed by atoms with Crippen LogP contribution in [0.25, 0.3) is 0 Å². The highest BCUT2D eigenvalue weighted by Gasteiger charge is 2.11. The summed E-state index contributed by atoms with van der Waals surface area (Å²) in [4.78, 5) is 8.20. The van der Waals surface area contributed by atoms with Crippen molar-refractivity contribution < 1.29 is 0 Å². The van der Waals surface area contributed by atoms with Crippen LogP contribution in [0.5, 0.6) is 0 Å². The third kappa shape index (κ3) is 3.11. The Morgan fingerprint density at radius 3 is 2.77 bits per heavy atom. The fourth-order valence-electron chi connectivity index (χ4n) is 1.18. The van der Waals surface area contributed by atoms with E-state index < -0.39 is 0 Å². The van der Waals surface area contributed by atoms with E-state index in [4.69, 9.17) is 5.73 Å². The van der Waals surface area contributed by atoms with Crippen LogP contribution in [0.3, 0.4) is 0 Å². The Morgan fingerprint density at radius 1 is 1.46 bits per heavy atom. The van der Waals surface area contributed by atoms with Crippen molar-refractivity contribution in [2.24, 2.45) is 11.7 Å². The van der Waals surface area contributed by atoms with Crippen molar-refractivity contribution in [2.45, 2.75) is 32.7 Å². The Morgan fingerprint density at radius 2 is 2.23 bits per heavy atom. The summed E-state index contributed by atoms with van der Waals surface area (Å²) in [5.41, 5.74) is 6.97. The van der Waals surface area contributed by atoms with Gasteiger partial charge in [0, 0.05) is 31.1 Å². The number of rotatable bonds is 4. The Hall–Kier alpha value is -0.960. The van der Waals surface area contributed by atoms with Crippen LogP contribution in [-0.2, 0) is 6.42 Å². The van der Waals surface area contributed by atoms with Crippen LogP contribution in [0.2, 0.25) is 0 Å². The average molecular weight is 179 g/mol. The molecular formula is C10H17N3. The largest absolute Gasteiger partial charge is 0.327 e. The number of nitrogens with zero attached hydrogens (tertiary/aromatic N) is 2. The smallest absolute Gasteiger partial charge is 0.0602 e. The average Bonchev–Trinajstić information content (AvgIpc) is 2.18. The zero-order chi connectivity index (χ0) is 9.68. The van der Waals surface area contributed by atoms with Gasteiger partial charge in [-0.1, -0.05) is 20.3 Å². The summed E-state index contributed by atoms with van der Waals surface area (Å²) in [5, 5.41) is 0. The summed E-state index contributed by atoms with van der Waals surface area (Å²) >= 11 is 0. The molecule has 2 N–H and O–H groups in total. The van der Waals surface area contributed by atoms with Crippen LogP contribution in [0, 0.1) is 5.92 Å². The molecule has 0 aliphatic carbocycles. The van der Waals surface area contributed by atoms with E-state index in [0.29, 0.717) is 5.92 Å². The molecule has 1 heterocycles. The van der Waals surface area contributed by atoms with Gasteiger partial charge in [0.2, 0.25) is 0 Å². The van der Waals surface area contributed by atoms with Gasteiger partial charge >= 0.3 is 0 Å². The number of hydrogen-bond donors (Lipinski definition) is 1. The molecule has 3 heteroatoms. The molecule has 0 spiro atoms. The molecule has 0 saturated heterocycles. The maximum atomic E-state index is 5.99. The molecule has 2 atom stereocenters.